The van der Waals surface area contributed by atoms with E-state index in [0.29, 0.717) is 5.56 Å². The number of benzene rings is 3. The minimum Gasteiger partial charge on any atom is -0.326 e. The molecule has 0 spiro atoms. The first kappa shape index (κ1) is 20.8. The predicted molar refractivity (Wildman–Crippen MR) is 120 cm³/mol. The molecule has 4 nitrogen and oxygen atoms in total. The molecule has 1 atom stereocenters. The maximum atomic E-state index is 13.3. The number of carbonyl (C=O) groups excluding carboxylic acids is 2. The number of nitrogens with one attached hydrogen (secondary N) is 1. The van der Waals surface area contributed by atoms with E-state index < -0.39 is 6.04 Å². The molecule has 3 aromatic rings. The van der Waals surface area contributed by atoms with Crippen molar-refractivity contribution in [1.29, 1.82) is 0 Å². The van der Waals surface area contributed by atoms with Crippen LogP contribution in [-0.2, 0) is 4.79 Å². The third-order valence-electron chi connectivity index (χ3n) is 4.89. The summed E-state index contributed by atoms with van der Waals surface area (Å²) in [6, 6.07) is 21.6. The van der Waals surface area contributed by atoms with Crippen molar-refractivity contribution in [2.45, 2.75) is 19.9 Å². The van der Waals surface area contributed by atoms with Gasteiger partial charge < -0.3 is 10.2 Å². The predicted octanol–water partition coefficient (Wildman–Crippen LogP) is 5.52. The van der Waals surface area contributed by atoms with Gasteiger partial charge in [0.15, 0.2) is 0 Å². The molecule has 1 N–H and O–H groups in total. The van der Waals surface area contributed by atoms with Gasteiger partial charge in [0, 0.05) is 22.8 Å². The van der Waals surface area contributed by atoms with Crippen LogP contribution in [0.15, 0.2) is 77.3 Å². The van der Waals surface area contributed by atoms with Gasteiger partial charge in [0.05, 0.1) is 0 Å². The second-order valence-electron chi connectivity index (χ2n) is 6.99. The highest BCUT2D eigenvalue weighted by Crippen LogP contribution is 2.26. The third-order valence-corrected chi connectivity index (χ3v) is 5.42. The summed E-state index contributed by atoms with van der Waals surface area (Å²) in [6.45, 7) is 3.91. The van der Waals surface area contributed by atoms with E-state index >= 15 is 0 Å². The van der Waals surface area contributed by atoms with Crippen LogP contribution in [-0.4, -0.2) is 23.8 Å². The molecule has 0 aliphatic rings. The van der Waals surface area contributed by atoms with E-state index in [-0.39, 0.29) is 11.8 Å². The number of carbonyl (C=O) groups is 2. The van der Waals surface area contributed by atoms with Gasteiger partial charge in [-0.1, -0.05) is 64.5 Å². The van der Waals surface area contributed by atoms with Crippen LogP contribution in [0.5, 0.6) is 0 Å². The summed E-state index contributed by atoms with van der Waals surface area (Å²) >= 11 is 3.38. The van der Waals surface area contributed by atoms with Crippen LogP contribution in [0.1, 0.15) is 33.1 Å². The molecule has 3 aromatic carbocycles. The highest BCUT2D eigenvalue weighted by molar-refractivity contribution is 9.10. The van der Waals surface area contributed by atoms with E-state index in [2.05, 4.69) is 21.2 Å². The molecule has 0 aliphatic heterocycles. The van der Waals surface area contributed by atoms with Crippen molar-refractivity contribution in [2.75, 3.05) is 12.4 Å². The molecule has 5 heteroatoms. The molecule has 0 saturated carbocycles. The molecule has 0 aromatic heterocycles. The highest BCUT2D eigenvalue weighted by atomic mass is 79.9. The number of likely N-dealkylation sites (N-methyl/N-ethyl adjacent to an activating group) is 1. The first-order valence-corrected chi connectivity index (χ1v) is 10.1. The summed E-state index contributed by atoms with van der Waals surface area (Å²) in [5.74, 6) is -0.468. The number of hydrogen-bond donors (Lipinski definition) is 1. The summed E-state index contributed by atoms with van der Waals surface area (Å²) in [5, 5.41) is 3.03. The van der Waals surface area contributed by atoms with Gasteiger partial charge in [0.1, 0.15) is 6.04 Å². The number of halogens is 1. The molecular formula is C24H23BrN2O2. The molecule has 148 valence electrons. The van der Waals surface area contributed by atoms with Crippen molar-refractivity contribution < 1.29 is 9.59 Å². The molecule has 0 aliphatic carbocycles. The Morgan fingerprint density at radius 1 is 0.862 bits per heavy atom. The number of amides is 2. The number of nitrogens with zero attached hydrogens (tertiary/aromatic N) is 1. The van der Waals surface area contributed by atoms with E-state index in [4.69, 9.17) is 0 Å². The zero-order chi connectivity index (χ0) is 21.0. The molecule has 0 radical (unpaired) electrons. The first-order chi connectivity index (χ1) is 13.9. The number of para-hydroxylation sites is 1. The lowest BCUT2D eigenvalue weighted by molar-refractivity contribution is -0.120. The molecule has 0 saturated heterocycles. The number of anilines is 1. The Labute approximate surface area is 179 Å². The Morgan fingerprint density at radius 2 is 1.45 bits per heavy atom. The van der Waals surface area contributed by atoms with E-state index in [0.717, 1.165) is 26.9 Å². The second-order valence-corrected chi connectivity index (χ2v) is 7.91. The lowest BCUT2D eigenvalue weighted by Gasteiger charge is -2.28. The Hall–Kier alpha value is -2.92. The average Bonchev–Trinajstić information content (AvgIpc) is 2.72. The van der Waals surface area contributed by atoms with Crippen LogP contribution in [0, 0.1) is 13.8 Å². The van der Waals surface area contributed by atoms with E-state index in [9.17, 15) is 9.59 Å². The summed E-state index contributed by atoms with van der Waals surface area (Å²) < 4.78 is 0.893. The number of aryl methyl sites for hydroxylation is 2. The third kappa shape index (κ3) is 4.74. The van der Waals surface area contributed by atoms with E-state index in [1.165, 1.54) is 4.90 Å². The normalized spacial score (nSPS) is 11.6. The lowest BCUT2D eigenvalue weighted by Crippen LogP contribution is -2.38. The molecule has 29 heavy (non-hydrogen) atoms. The Kier molecular flexibility index (Phi) is 6.49. The maximum absolute atomic E-state index is 13.3. The molecular weight excluding hydrogens is 428 g/mol. The van der Waals surface area contributed by atoms with E-state index in [1.807, 2.05) is 74.5 Å². The first-order valence-electron chi connectivity index (χ1n) is 9.33. The van der Waals surface area contributed by atoms with Crippen molar-refractivity contribution in [3.05, 3.63) is 99.5 Å². The average molecular weight is 451 g/mol. The fourth-order valence-corrected chi connectivity index (χ4v) is 3.57. The van der Waals surface area contributed by atoms with Crippen molar-refractivity contribution in [2.24, 2.45) is 0 Å². The topological polar surface area (TPSA) is 49.4 Å². The van der Waals surface area contributed by atoms with Gasteiger partial charge in [-0.15, -0.1) is 0 Å². The minimum atomic E-state index is -0.758. The highest BCUT2D eigenvalue weighted by Gasteiger charge is 2.29. The number of hydrogen-bond acceptors (Lipinski definition) is 2. The van der Waals surface area contributed by atoms with Gasteiger partial charge in [-0.05, 0) is 54.8 Å². The molecule has 0 heterocycles. The quantitative estimate of drug-likeness (QED) is 0.556. The van der Waals surface area contributed by atoms with Gasteiger partial charge in [-0.25, -0.2) is 0 Å². The van der Waals surface area contributed by atoms with E-state index in [1.54, 1.807) is 19.2 Å². The van der Waals surface area contributed by atoms with Crippen LogP contribution >= 0.6 is 15.9 Å². The fourth-order valence-electron chi connectivity index (χ4n) is 3.30. The van der Waals surface area contributed by atoms with Gasteiger partial charge in [0.25, 0.3) is 11.8 Å². The number of rotatable bonds is 5. The summed E-state index contributed by atoms with van der Waals surface area (Å²) in [7, 11) is 1.66. The molecule has 0 fully saturated rings. The Bertz CT molecular complexity index is 997. The van der Waals surface area contributed by atoms with Crippen LogP contribution < -0.4 is 5.32 Å². The zero-order valence-electron chi connectivity index (χ0n) is 16.6. The Morgan fingerprint density at radius 3 is 2.03 bits per heavy atom. The van der Waals surface area contributed by atoms with Crippen molar-refractivity contribution in [1.82, 2.24) is 4.90 Å². The minimum absolute atomic E-state index is 0.219. The van der Waals surface area contributed by atoms with Gasteiger partial charge >= 0.3 is 0 Å². The monoisotopic (exact) mass is 450 g/mol. The van der Waals surface area contributed by atoms with Crippen molar-refractivity contribution >= 4 is 33.4 Å². The molecule has 0 bridgehead atoms. The second kappa shape index (κ2) is 9.05. The lowest BCUT2D eigenvalue weighted by atomic mass is 10.0. The van der Waals surface area contributed by atoms with Gasteiger partial charge in [-0.2, -0.15) is 0 Å². The largest absolute Gasteiger partial charge is 0.326 e. The summed E-state index contributed by atoms with van der Waals surface area (Å²) in [4.78, 5) is 27.9. The van der Waals surface area contributed by atoms with Crippen molar-refractivity contribution in [3.63, 3.8) is 0 Å². The maximum Gasteiger partial charge on any atom is 0.254 e. The molecule has 2 amide bonds. The van der Waals surface area contributed by atoms with Crippen LogP contribution in [0.2, 0.25) is 0 Å². The smallest absolute Gasteiger partial charge is 0.254 e. The van der Waals surface area contributed by atoms with Crippen LogP contribution in [0.25, 0.3) is 0 Å². The fraction of sp³-hybridized carbons (Fsp3) is 0.167. The summed E-state index contributed by atoms with van der Waals surface area (Å²) in [5.41, 5.74) is 4.02. The van der Waals surface area contributed by atoms with Gasteiger partial charge in [0.2, 0.25) is 0 Å². The van der Waals surface area contributed by atoms with Crippen molar-refractivity contribution in [3.8, 4) is 0 Å². The standard InChI is InChI=1S/C24H23BrN2O2/c1-16-8-7-9-17(2)21(16)26-23(28)22(18-10-5-4-6-11-18)27(3)24(29)19-12-14-20(25)15-13-19/h4-15,22H,1-3H3,(H,26,28)/t22-/m0/s1. The Balaban J connectivity index is 1.95. The summed E-state index contributed by atoms with van der Waals surface area (Å²) in [6.07, 6.45) is 0. The van der Waals surface area contributed by atoms with Crippen LogP contribution in [0.4, 0.5) is 5.69 Å². The zero-order valence-corrected chi connectivity index (χ0v) is 18.2. The molecule has 3 rings (SSSR count). The molecule has 0 unspecified atom stereocenters. The SMILES string of the molecule is Cc1cccc(C)c1NC(=O)[C@H](c1ccccc1)N(C)C(=O)c1ccc(Br)cc1. The van der Waals surface area contributed by atoms with Crippen LogP contribution in [0.3, 0.4) is 0 Å². The van der Waals surface area contributed by atoms with Gasteiger partial charge in [-0.3, -0.25) is 9.59 Å².